The Morgan fingerprint density at radius 3 is 2.36 bits per heavy atom. The largest absolute Gasteiger partial charge is 0.501 e. The summed E-state index contributed by atoms with van der Waals surface area (Å²) in [7, 11) is 1.79. The zero-order chi connectivity index (χ0) is 20.8. The molecule has 2 unspecified atom stereocenters. The molecule has 2 rings (SSSR count). The van der Waals surface area contributed by atoms with Crippen LogP contribution in [0.3, 0.4) is 0 Å². The van der Waals surface area contributed by atoms with Crippen molar-refractivity contribution in [3.8, 4) is 0 Å². The molecule has 0 heterocycles. The van der Waals surface area contributed by atoms with E-state index in [9.17, 15) is 0 Å². The number of rotatable bonds is 6. The lowest BCUT2D eigenvalue weighted by atomic mass is 9.82. The smallest absolute Gasteiger partial charge is 0.100 e. The fourth-order valence-corrected chi connectivity index (χ4v) is 3.93. The normalized spacial score (nSPS) is 24.9. The third-order valence-electron chi connectivity index (χ3n) is 4.99. The summed E-state index contributed by atoms with van der Waals surface area (Å²) in [6, 6.07) is 10.7. The molecule has 0 saturated heterocycles. The van der Waals surface area contributed by atoms with Gasteiger partial charge in [-0.15, -0.1) is 0 Å². The maximum atomic E-state index is 5.80. The van der Waals surface area contributed by atoms with Gasteiger partial charge in [0.2, 0.25) is 0 Å². The number of hydrogen-bond donors (Lipinski definition) is 0. The van der Waals surface area contributed by atoms with E-state index in [1.807, 2.05) is 23.5 Å². The van der Waals surface area contributed by atoms with Gasteiger partial charge in [-0.3, -0.25) is 0 Å². The van der Waals surface area contributed by atoms with Gasteiger partial charge in [0.25, 0.3) is 0 Å². The molecule has 1 nitrogen and oxygen atoms in total. The van der Waals surface area contributed by atoms with Crippen LogP contribution in [0, 0.1) is 5.92 Å². The van der Waals surface area contributed by atoms with E-state index in [-0.39, 0.29) is 4.75 Å². The number of ether oxygens (including phenoxy) is 1. The average Bonchev–Trinajstić information content (AvgIpc) is 2.73. The second-order valence-electron chi connectivity index (χ2n) is 7.01. The van der Waals surface area contributed by atoms with E-state index in [1.54, 1.807) is 7.11 Å². The standard InChI is InChI=1S/C22H28OS.C3H8S/c1-18-11-7-5-10-14-21(23-3)20(16-15-18)22(2,24-4)17-19-12-8-6-9-13-19;1-3-4-2/h5-15,20H,16-17H2,1-4H3;3H2,1-2H3/b10-5+,11-7-,18-15+,21-14-;. The Labute approximate surface area is 181 Å². The maximum absolute atomic E-state index is 5.80. The van der Waals surface area contributed by atoms with Crippen LogP contribution in [0.25, 0.3) is 0 Å². The van der Waals surface area contributed by atoms with Crippen molar-refractivity contribution >= 4 is 23.5 Å². The molecule has 2 atom stereocenters. The van der Waals surface area contributed by atoms with Gasteiger partial charge in [0.15, 0.2) is 0 Å². The molecular formula is C25H36OS2. The van der Waals surface area contributed by atoms with E-state index in [1.165, 1.54) is 16.9 Å². The highest BCUT2D eigenvalue weighted by Crippen LogP contribution is 2.41. The van der Waals surface area contributed by atoms with Crippen LogP contribution >= 0.6 is 23.5 Å². The zero-order valence-electron chi connectivity index (χ0n) is 18.3. The minimum absolute atomic E-state index is 0.0662. The highest BCUT2D eigenvalue weighted by molar-refractivity contribution is 8.00. The predicted molar refractivity (Wildman–Crippen MR) is 131 cm³/mol. The lowest BCUT2D eigenvalue weighted by Crippen LogP contribution is -2.35. The van der Waals surface area contributed by atoms with Gasteiger partial charge >= 0.3 is 0 Å². The average molecular weight is 417 g/mol. The summed E-state index contributed by atoms with van der Waals surface area (Å²) >= 11 is 3.79. The fraction of sp³-hybridized carbons (Fsp3) is 0.440. The van der Waals surface area contributed by atoms with Gasteiger partial charge in [-0.1, -0.05) is 73.2 Å². The van der Waals surface area contributed by atoms with Crippen LogP contribution in [0.4, 0.5) is 0 Å². The molecule has 1 aromatic carbocycles. The molecule has 0 radical (unpaired) electrons. The summed E-state index contributed by atoms with van der Waals surface area (Å²) < 4.78 is 5.87. The molecule has 0 bridgehead atoms. The van der Waals surface area contributed by atoms with Crippen molar-refractivity contribution in [2.75, 3.05) is 25.4 Å². The van der Waals surface area contributed by atoms with Crippen molar-refractivity contribution in [2.24, 2.45) is 5.92 Å². The molecule has 1 aliphatic rings. The molecule has 1 aromatic rings. The molecular weight excluding hydrogens is 380 g/mol. The maximum Gasteiger partial charge on any atom is 0.100 e. The first-order valence-electron chi connectivity index (χ1n) is 9.84. The lowest BCUT2D eigenvalue weighted by molar-refractivity contribution is 0.220. The monoisotopic (exact) mass is 416 g/mol. The van der Waals surface area contributed by atoms with Crippen LogP contribution in [-0.4, -0.2) is 30.1 Å². The molecule has 0 N–H and O–H groups in total. The molecule has 0 amide bonds. The minimum atomic E-state index is 0.0662. The fourth-order valence-electron chi connectivity index (χ4n) is 3.13. The lowest BCUT2D eigenvalue weighted by Gasteiger charge is -2.37. The number of benzene rings is 1. The van der Waals surface area contributed by atoms with E-state index in [4.69, 9.17) is 4.74 Å². The van der Waals surface area contributed by atoms with Gasteiger partial charge in [-0.2, -0.15) is 23.5 Å². The minimum Gasteiger partial charge on any atom is -0.501 e. The van der Waals surface area contributed by atoms with Crippen LogP contribution in [-0.2, 0) is 11.2 Å². The Morgan fingerprint density at radius 2 is 1.79 bits per heavy atom. The first-order valence-corrected chi connectivity index (χ1v) is 12.5. The van der Waals surface area contributed by atoms with Crippen molar-refractivity contribution in [3.05, 3.63) is 83.7 Å². The van der Waals surface area contributed by atoms with Crippen molar-refractivity contribution in [1.29, 1.82) is 0 Å². The van der Waals surface area contributed by atoms with Gasteiger partial charge in [0.1, 0.15) is 5.76 Å². The third-order valence-corrected chi connectivity index (χ3v) is 6.93. The van der Waals surface area contributed by atoms with Gasteiger partial charge < -0.3 is 4.74 Å². The van der Waals surface area contributed by atoms with E-state index >= 15 is 0 Å². The van der Waals surface area contributed by atoms with Crippen LogP contribution in [0.5, 0.6) is 0 Å². The molecule has 0 fully saturated rings. The summed E-state index contributed by atoms with van der Waals surface area (Å²) in [5, 5.41) is 0. The molecule has 154 valence electrons. The number of allylic oxidation sites excluding steroid dienone is 8. The van der Waals surface area contributed by atoms with Gasteiger partial charge in [0, 0.05) is 10.7 Å². The highest BCUT2D eigenvalue weighted by atomic mass is 32.2. The van der Waals surface area contributed by atoms with Gasteiger partial charge in [-0.05, 0) is 56.6 Å². The van der Waals surface area contributed by atoms with Crippen molar-refractivity contribution in [3.63, 3.8) is 0 Å². The Hall–Kier alpha value is -1.32. The van der Waals surface area contributed by atoms with E-state index < -0.39 is 0 Å². The summed E-state index contributed by atoms with van der Waals surface area (Å²) in [5.41, 5.74) is 2.67. The SMILES string of the molecule is CCSC.CO\C1=C/C=C/C=C\C(C)=C\CC1C(C)(Cc1ccccc1)SC. The van der Waals surface area contributed by atoms with Crippen LogP contribution in [0.1, 0.15) is 32.8 Å². The summed E-state index contributed by atoms with van der Waals surface area (Å²) in [6.07, 6.45) is 19.1. The Morgan fingerprint density at radius 1 is 1.11 bits per heavy atom. The molecule has 1 aliphatic carbocycles. The molecule has 0 aromatic heterocycles. The number of hydrogen-bond acceptors (Lipinski definition) is 3. The molecule has 0 saturated carbocycles. The molecule has 28 heavy (non-hydrogen) atoms. The quantitative estimate of drug-likeness (QED) is 0.480. The van der Waals surface area contributed by atoms with Crippen molar-refractivity contribution < 1.29 is 4.74 Å². The second-order valence-corrected chi connectivity index (χ2v) is 9.51. The Balaban J connectivity index is 0.000000892. The zero-order valence-corrected chi connectivity index (χ0v) is 19.9. The van der Waals surface area contributed by atoms with Crippen molar-refractivity contribution in [2.45, 2.75) is 38.4 Å². The van der Waals surface area contributed by atoms with Gasteiger partial charge in [0.05, 0.1) is 7.11 Å². The Bertz CT molecular complexity index is 671. The third kappa shape index (κ3) is 8.36. The second kappa shape index (κ2) is 13.8. The summed E-state index contributed by atoms with van der Waals surface area (Å²) in [5.74, 6) is 2.61. The Kier molecular flexibility index (Phi) is 12.2. The molecule has 0 aliphatic heterocycles. The van der Waals surface area contributed by atoms with Crippen LogP contribution in [0.2, 0.25) is 0 Å². The van der Waals surface area contributed by atoms with Crippen molar-refractivity contribution in [1.82, 2.24) is 0 Å². The van der Waals surface area contributed by atoms with E-state index in [0.717, 1.165) is 18.6 Å². The van der Waals surface area contributed by atoms with Crippen LogP contribution < -0.4 is 0 Å². The van der Waals surface area contributed by atoms with E-state index in [0.29, 0.717) is 5.92 Å². The van der Waals surface area contributed by atoms with Gasteiger partial charge in [-0.25, -0.2) is 0 Å². The highest BCUT2D eigenvalue weighted by Gasteiger charge is 2.36. The first kappa shape index (κ1) is 24.7. The van der Waals surface area contributed by atoms with E-state index in [2.05, 4.69) is 100 Å². The summed E-state index contributed by atoms with van der Waals surface area (Å²) in [6.45, 7) is 6.66. The number of methoxy groups -OCH3 is 1. The number of thioether (sulfide) groups is 2. The predicted octanol–water partition coefficient (Wildman–Crippen LogP) is 7.33. The van der Waals surface area contributed by atoms with Crippen LogP contribution in [0.15, 0.2) is 78.1 Å². The first-order chi connectivity index (χ1) is 13.5. The summed E-state index contributed by atoms with van der Waals surface area (Å²) in [4.78, 5) is 0. The molecule has 0 spiro atoms. The topological polar surface area (TPSA) is 9.23 Å². The molecule has 3 heteroatoms.